The largest absolute Gasteiger partial charge is 0.329 e. The van der Waals surface area contributed by atoms with Gasteiger partial charge in [0.25, 0.3) is 0 Å². The maximum Gasteiger partial charge on any atom is 0.0347 e. The second kappa shape index (κ2) is 5.74. The van der Waals surface area contributed by atoms with Gasteiger partial charge in [-0.2, -0.15) is 11.8 Å². The summed E-state index contributed by atoms with van der Waals surface area (Å²) >= 11 is 2.10. The Bertz CT molecular complexity index is 206. The van der Waals surface area contributed by atoms with E-state index in [9.17, 15) is 0 Å². The molecule has 0 saturated carbocycles. The summed E-state index contributed by atoms with van der Waals surface area (Å²) in [5, 5.41) is 0. The van der Waals surface area contributed by atoms with Crippen molar-refractivity contribution in [3.63, 3.8) is 0 Å². The van der Waals surface area contributed by atoms with E-state index in [4.69, 9.17) is 5.73 Å². The zero-order valence-corrected chi connectivity index (χ0v) is 11.4. The Morgan fingerprint density at radius 3 is 2.38 bits per heavy atom. The van der Waals surface area contributed by atoms with Crippen LogP contribution in [0.5, 0.6) is 0 Å². The Morgan fingerprint density at radius 1 is 1.25 bits per heavy atom. The lowest BCUT2D eigenvalue weighted by Gasteiger charge is -2.48. The minimum absolute atomic E-state index is 0.365. The van der Waals surface area contributed by atoms with Crippen molar-refractivity contribution in [3.05, 3.63) is 0 Å². The van der Waals surface area contributed by atoms with E-state index in [1.165, 1.54) is 56.7 Å². The zero-order chi connectivity index (χ0) is 11.4. The molecule has 0 aliphatic carbocycles. The molecule has 0 unspecified atom stereocenters. The Balaban J connectivity index is 1.94. The van der Waals surface area contributed by atoms with Gasteiger partial charge in [0.05, 0.1) is 0 Å². The third kappa shape index (κ3) is 2.57. The number of nitrogens with two attached hydrogens (primary N) is 1. The van der Waals surface area contributed by atoms with Gasteiger partial charge in [-0.25, -0.2) is 0 Å². The molecule has 94 valence electrons. The first-order chi connectivity index (χ1) is 7.80. The van der Waals surface area contributed by atoms with Crippen LogP contribution in [0.15, 0.2) is 0 Å². The average molecular weight is 242 g/mol. The van der Waals surface area contributed by atoms with Crippen molar-refractivity contribution < 1.29 is 0 Å². The first-order valence-corrected chi connectivity index (χ1v) is 7.99. The topological polar surface area (TPSA) is 29.3 Å². The fraction of sp³-hybridized carbons (Fsp3) is 1.00. The number of piperidine rings is 1. The molecule has 2 aliphatic rings. The molecular weight excluding hydrogens is 216 g/mol. The van der Waals surface area contributed by atoms with Gasteiger partial charge in [-0.15, -0.1) is 0 Å². The van der Waals surface area contributed by atoms with E-state index in [0.717, 1.165) is 12.5 Å². The van der Waals surface area contributed by atoms with Crippen molar-refractivity contribution in [2.75, 3.05) is 31.1 Å². The minimum Gasteiger partial charge on any atom is -0.329 e. The molecule has 0 bridgehead atoms. The average Bonchev–Trinajstić information content (AvgIpc) is 2.39. The number of hydrogen-bond acceptors (Lipinski definition) is 3. The summed E-state index contributed by atoms with van der Waals surface area (Å²) < 4.78 is 0. The SMILES string of the molecule is CCC1CCN(C2(CN)CCSCC2)CC1. The van der Waals surface area contributed by atoms with E-state index in [1.807, 2.05) is 0 Å². The van der Waals surface area contributed by atoms with Crippen molar-refractivity contribution in [1.82, 2.24) is 4.90 Å². The molecule has 2 nitrogen and oxygen atoms in total. The van der Waals surface area contributed by atoms with Crippen molar-refractivity contribution in [2.24, 2.45) is 11.7 Å². The van der Waals surface area contributed by atoms with Crippen LogP contribution in [0, 0.1) is 5.92 Å². The summed E-state index contributed by atoms with van der Waals surface area (Å²) in [5.41, 5.74) is 6.45. The molecule has 2 N–H and O–H groups in total. The third-order valence-electron chi connectivity index (χ3n) is 4.67. The predicted molar refractivity (Wildman–Crippen MR) is 72.9 cm³/mol. The van der Waals surface area contributed by atoms with Gasteiger partial charge < -0.3 is 5.73 Å². The van der Waals surface area contributed by atoms with E-state index < -0.39 is 0 Å². The number of nitrogens with zero attached hydrogens (tertiary/aromatic N) is 1. The molecule has 0 spiro atoms. The lowest BCUT2D eigenvalue weighted by Crippen LogP contribution is -2.58. The maximum atomic E-state index is 6.09. The molecule has 2 rings (SSSR count). The molecule has 2 fully saturated rings. The molecule has 0 aromatic heterocycles. The smallest absolute Gasteiger partial charge is 0.0347 e. The van der Waals surface area contributed by atoms with Gasteiger partial charge >= 0.3 is 0 Å². The Labute approximate surface area is 104 Å². The highest BCUT2D eigenvalue weighted by molar-refractivity contribution is 7.99. The van der Waals surface area contributed by atoms with Crippen molar-refractivity contribution in [3.8, 4) is 0 Å². The van der Waals surface area contributed by atoms with Crippen LogP contribution in [0.4, 0.5) is 0 Å². The fourth-order valence-electron chi connectivity index (χ4n) is 3.22. The van der Waals surface area contributed by atoms with Crippen molar-refractivity contribution in [1.29, 1.82) is 0 Å². The number of likely N-dealkylation sites (tertiary alicyclic amines) is 1. The number of thioether (sulfide) groups is 1. The molecule has 16 heavy (non-hydrogen) atoms. The summed E-state index contributed by atoms with van der Waals surface area (Å²) in [4.78, 5) is 2.72. The molecule has 0 aromatic carbocycles. The Morgan fingerprint density at radius 2 is 1.88 bits per heavy atom. The van der Waals surface area contributed by atoms with Crippen LogP contribution in [0.3, 0.4) is 0 Å². The second-order valence-electron chi connectivity index (χ2n) is 5.38. The highest BCUT2D eigenvalue weighted by Crippen LogP contribution is 2.35. The van der Waals surface area contributed by atoms with E-state index in [1.54, 1.807) is 0 Å². The van der Waals surface area contributed by atoms with Gasteiger partial charge in [-0.05, 0) is 56.2 Å². The molecule has 2 saturated heterocycles. The summed E-state index contributed by atoms with van der Waals surface area (Å²) in [6.45, 7) is 5.78. The third-order valence-corrected chi connectivity index (χ3v) is 5.65. The number of hydrogen-bond donors (Lipinski definition) is 1. The van der Waals surface area contributed by atoms with Gasteiger partial charge in [-0.3, -0.25) is 4.90 Å². The van der Waals surface area contributed by atoms with Crippen LogP contribution >= 0.6 is 11.8 Å². The Kier molecular flexibility index (Phi) is 4.57. The molecule has 2 heterocycles. The number of rotatable bonds is 3. The standard InChI is InChI=1S/C13H26N2S/c1-2-12-3-7-15(8-4-12)13(11-14)5-9-16-10-6-13/h12H,2-11,14H2,1H3. The normalized spacial score (nSPS) is 28.1. The van der Waals surface area contributed by atoms with E-state index in [-0.39, 0.29) is 0 Å². The summed E-state index contributed by atoms with van der Waals surface area (Å²) in [5.74, 6) is 3.60. The van der Waals surface area contributed by atoms with Crippen LogP contribution in [0.1, 0.15) is 39.0 Å². The molecular formula is C13H26N2S. The van der Waals surface area contributed by atoms with Gasteiger partial charge in [0.2, 0.25) is 0 Å². The fourth-order valence-corrected chi connectivity index (χ4v) is 4.47. The van der Waals surface area contributed by atoms with Gasteiger partial charge in [0.15, 0.2) is 0 Å². The predicted octanol–water partition coefficient (Wildman–Crippen LogP) is 2.33. The van der Waals surface area contributed by atoms with Gasteiger partial charge in [-0.1, -0.05) is 13.3 Å². The summed E-state index contributed by atoms with van der Waals surface area (Å²) in [7, 11) is 0. The van der Waals surface area contributed by atoms with Crippen molar-refractivity contribution in [2.45, 2.75) is 44.6 Å². The van der Waals surface area contributed by atoms with Crippen LogP contribution < -0.4 is 5.73 Å². The van der Waals surface area contributed by atoms with E-state index >= 15 is 0 Å². The lowest BCUT2D eigenvalue weighted by atomic mass is 9.85. The van der Waals surface area contributed by atoms with Gasteiger partial charge in [0, 0.05) is 12.1 Å². The molecule has 0 amide bonds. The van der Waals surface area contributed by atoms with E-state index in [2.05, 4.69) is 23.6 Å². The zero-order valence-electron chi connectivity index (χ0n) is 10.6. The maximum absolute atomic E-state index is 6.09. The highest BCUT2D eigenvalue weighted by Gasteiger charge is 2.38. The minimum atomic E-state index is 0.365. The molecule has 0 atom stereocenters. The van der Waals surface area contributed by atoms with Crippen molar-refractivity contribution >= 4 is 11.8 Å². The van der Waals surface area contributed by atoms with Crippen LogP contribution in [-0.2, 0) is 0 Å². The highest BCUT2D eigenvalue weighted by atomic mass is 32.2. The molecule has 2 aliphatic heterocycles. The lowest BCUT2D eigenvalue weighted by molar-refractivity contribution is 0.0473. The Hall–Kier alpha value is 0.270. The molecule has 3 heteroatoms. The monoisotopic (exact) mass is 242 g/mol. The molecule has 0 radical (unpaired) electrons. The molecule has 0 aromatic rings. The summed E-state index contributed by atoms with van der Waals surface area (Å²) in [6.07, 6.45) is 6.77. The first kappa shape index (κ1) is 12.7. The van der Waals surface area contributed by atoms with Crippen LogP contribution in [0.2, 0.25) is 0 Å². The first-order valence-electron chi connectivity index (χ1n) is 6.83. The second-order valence-corrected chi connectivity index (χ2v) is 6.60. The van der Waals surface area contributed by atoms with Gasteiger partial charge in [0.1, 0.15) is 0 Å². The summed E-state index contributed by atoms with van der Waals surface area (Å²) in [6, 6.07) is 0. The van der Waals surface area contributed by atoms with Crippen LogP contribution in [-0.4, -0.2) is 41.6 Å². The quantitative estimate of drug-likeness (QED) is 0.823. The van der Waals surface area contributed by atoms with Crippen LogP contribution in [0.25, 0.3) is 0 Å². The van der Waals surface area contributed by atoms with E-state index in [0.29, 0.717) is 5.54 Å².